The number of alkyl carbamates (subject to hydrolysis) is 1. The number of hydrogen-bond acceptors (Lipinski definition) is 5. The average Bonchev–Trinajstić information content (AvgIpc) is 2.30. The lowest BCUT2D eigenvalue weighted by molar-refractivity contribution is -0.139. The van der Waals surface area contributed by atoms with Crippen LogP contribution in [0.3, 0.4) is 0 Å². The van der Waals surface area contributed by atoms with Crippen LogP contribution in [0.2, 0.25) is 0 Å². The molecule has 7 nitrogen and oxygen atoms in total. The zero-order valence-electron chi connectivity index (χ0n) is 12.8. The Morgan fingerprint density at radius 1 is 1.29 bits per heavy atom. The zero-order valence-corrected chi connectivity index (χ0v) is 12.8. The number of hydrogen-bond donors (Lipinski definition) is 2. The van der Waals surface area contributed by atoms with Crippen LogP contribution in [0.5, 0.6) is 0 Å². The fraction of sp³-hybridized carbons (Fsp3) is 0.643. The summed E-state index contributed by atoms with van der Waals surface area (Å²) in [5.41, 5.74) is -0.697. The van der Waals surface area contributed by atoms with Gasteiger partial charge in [0.25, 0.3) is 0 Å². The second-order valence-electron chi connectivity index (χ2n) is 5.27. The topological polar surface area (TPSA) is 102 Å². The number of ether oxygens (including phenoxy) is 2. The van der Waals surface area contributed by atoms with Crippen molar-refractivity contribution in [3.8, 4) is 0 Å². The van der Waals surface area contributed by atoms with Crippen molar-refractivity contribution < 1.29 is 29.0 Å². The van der Waals surface area contributed by atoms with Crippen molar-refractivity contribution >= 4 is 18.0 Å². The number of carbonyl (C=O) groups is 3. The first kappa shape index (κ1) is 18.9. The van der Waals surface area contributed by atoms with E-state index < -0.39 is 29.7 Å². The molecule has 0 aromatic carbocycles. The van der Waals surface area contributed by atoms with E-state index in [4.69, 9.17) is 9.84 Å². The molecule has 0 aliphatic carbocycles. The molecule has 2 N–H and O–H groups in total. The smallest absolute Gasteiger partial charge is 0.408 e. The summed E-state index contributed by atoms with van der Waals surface area (Å²) in [5, 5.41) is 11.3. The predicted molar refractivity (Wildman–Crippen MR) is 75.8 cm³/mol. The third-order valence-corrected chi connectivity index (χ3v) is 2.15. The fourth-order valence-corrected chi connectivity index (χ4v) is 1.34. The monoisotopic (exact) mass is 301 g/mol. The minimum Gasteiger partial charge on any atom is -0.480 e. The van der Waals surface area contributed by atoms with Gasteiger partial charge < -0.3 is 19.9 Å². The van der Waals surface area contributed by atoms with E-state index in [9.17, 15) is 14.4 Å². The molecule has 0 radical (unpaired) electrons. The molecule has 0 aromatic rings. The molecule has 0 saturated heterocycles. The number of rotatable bonds is 7. The maximum atomic E-state index is 11.5. The number of allylic oxidation sites excluding steroid dienone is 1. The van der Waals surface area contributed by atoms with Crippen molar-refractivity contribution in [3.63, 3.8) is 0 Å². The Morgan fingerprint density at radius 3 is 2.38 bits per heavy atom. The summed E-state index contributed by atoms with van der Waals surface area (Å²) in [5.74, 6) is -1.64. The van der Waals surface area contributed by atoms with Gasteiger partial charge in [0.15, 0.2) is 0 Å². The van der Waals surface area contributed by atoms with Gasteiger partial charge in [-0.05, 0) is 40.5 Å². The number of carboxylic acid groups (broad SMARTS) is 1. The minimum atomic E-state index is -1.16. The van der Waals surface area contributed by atoms with E-state index in [-0.39, 0.29) is 13.0 Å². The molecule has 0 bridgehead atoms. The molecule has 120 valence electrons. The molecular formula is C14H23NO6. The second-order valence-corrected chi connectivity index (χ2v) is 5.27. The van der Waals surface area contributed by atoms with E-state index in [0.29, 0.717) is 6.42 Å². The lowest BCUT2D eigenvalue weighted by Crippen LogP contribution is -2.43. The number of amides is 1. The van der Waals surface area contributed by atoms with Crippen LogP contribution in [-0.2, 0) is 19.1 Å². The first-order valence-electron chi connectivity index (χ1n) is 6.71. The van der Waals surface area contributed by atoms with Crippen molar-refractivity contribution in [1.29, 1.82) is 0 Å². The molecule has 0 saturated carbocycles. The summed E-state index contributed by atoms with van der Waals surface area (Å²) in [6, 6.07) is -1.08. The van der Waals surface area contributed by atoms with Crippen LogP contribution in [0.4, 0.5) is 4.79 Å². The molecule has 0 aliphatic heterocycles. The molecule has 1 amide bonds. The summed E-state index contributed by atoms with van der Waals surface area (Å²) in [4.78, 5) is 33.6. The molecule has 0 spiro atoms. The van der Waals surface area contributed by atoms with Crippen LogP contribution in [0.1, 0.15) is 40.5 Å². The maximum absolute atomic E-state index is 11.5. The summed E-state index contributed by atoms with van der Waals surface area (Å²) in [7, 11) is 0. The first-order chi connectivity index (χ1) is 9.65. The van der Waals surface area contributed by atoms with Gasteiger partial charge >= 0.3 is 18.0 Å². The van der Waals surface area contributed by atoms with E-state index >= 15 is 0 Å². The van der Waals surface area contributed by atoms with Gasteiger partial charge in [-0.2, -0.15) is 0 Å². The number of carbonyl (C=O) groups excluding carboxylic acids is 2. The van der Waals surface area contributed by atoms with Gasteiger partial charge in [0, 0.05) is 6.08 Å². The largest absolute Gasteiger partial charge is 0.480 e. The molecule has 1 atom stereocenters. The summed E-state index contributed by atoms with van der Waals surface area (Å²) < 4.78 is 9.67. The highest BCUT2D eigenvalue weighted by atomic mass is 16.6. The van der Waals surface area contributed by atoms with Crippen molar-refractivity contribution in [3.05, 3.63) is 12.2 Å². The van der Waals surface area contributed by atoms with Crippen LogP contribution in [0.15, 0.2) is 12.2 Å². The molecule has 21 heavy (non-hydrogen) atoms. The van der Waals surface area contributed by atoms with Crippen molar-refractivity contribution in [1.82, 2.24) is 5.32 Å². The third-order valence-electron chi connectivity index (χ3n) is 2.15. The Bertz CT molecular complexity index is 397. The highest BCUT2D eigenvalue weighted by Gasteiger charge is 2.23. The number of aliphatic carboxylic acids is 1. The van der Waals surface area contributed by atoms with Crippen LogP contribution < -0.4 is 5.32 Å². The standard InChI is InChI=1S/C14H23NO6/c1-5-20-11(16)9-7-6-8-10(12(17)18)15-13(19)21-14(2,3)4/h7,9-10H,5-6,8H2,1-4H3,(H,15,19)(H,17,18)/t10-/m0/s1. The Kier molecular flexibility index (Phi) is 8.11. The second kappa shape index (κ2) is 8.99. The van der Waals surface area contributed by atoms with Gasteiger partial charge in [0.1, 0.15) is 11.6 Å². The summed E-state index contributed by atoms with van der Waals surface area (Å²) >= 11 is 0. The molecule has 0 aliphatic rings. The summed E-state index contributed by atoms with van der Waals surface area (Å²) in [6.07, 6.45) is 2.40. The Balaban J connectivity index is 4.29. The van der Waals surface area contributed by atoms with Crippen LogP contribution in [0.25, 0.3) is 0 Å². The van der Waals surface area contributed by atoms with E-state index in [0.717, 1.165) is 0 Å². The van der Waals surface area contributed by atoms with Crippen LogP contribution in [0, 0.1) is 0 Å². The van der Waals surface area contributed by atoms with Crippen molar-refractivity contribution in [2.24, 2.45) is 0 Å². The Hall–Kier alpha value is -2.05. The fourth-order valence-electron chi connectivity index (χ4n) is 1.34. The zero-order chi connectivity index (χ0) is 16.5. The lowest BCUT2D eigenvalue weighted by Gasteiger charge is -2.21. The van der Waals surface area contributed by atoms with E-state index in [2.05, 4.69) is 10.1 Å². The van der Waals surface area contributed by atoms with E-state index in [1.165, 1.54) is 12.2 Å². The molecule has 0 heterocycles. The number of nitrogens with one attached hydrogen (secondary N) is 1. The first-order valence-corrected chi connectivity index (χ1v) is 6.71. The van der Waals surface area contributed by atoms with Gasteiger partial charge in [0.2, 0.25) is 0 Å². The predicted octanol–water partition coefficient (Wildman–Crippen LogP) is 1.86. The normalized spacial score (nSPS) is 12.8. The number of carboxylic acids is 1. The quantitative estimate of drug-likeness (QED) is 0.549. The lowest BCUT2D eigenvalue weighted by atomic mass is 10.1. The van der Waals surface area contributed by atoms with Gasteiger partial charge in [-0.1, -0.05) is 6.08 Å². The minimum absolute atomic E-state index is 0.143. The average molecular weight is 301 g/mol. The molecule has 0 fully saturated rings. The molecule has 7 heteroatoms. The molecule has 0 unspecified atom stereocenters. The van der Waals surface area contributed by atoms with Gasteiger partial charge in [-0.3, -0.25) is 0 Å². The van der Waals surface area contributed by atoms with Crippen LogP contribution >= 0.6 is 0 Å². The Morgan fingerprint density at radius 2 is 1.90 bits per heavy atom. The third kappa shape index (κ3) is 10.4. The highest BCUT2D eigenvalue weighted by molar-refractivity contribution is 5.82. The van der Waals surface area contributed by atoms with Crippen molar-refractivity contribution in [2.75, 3.05) is 6.61 Å². The van der Waals surface area contributed by atoms with Gasteiger partial charge in [0.05, 0.1) is 6.61 Å². The summed E-state index contributed by atoms with van der Waals surface area (Å²) in [6.45, 7) is 7.03. The Labute approximate surface area is 124 Å². The van der Waals surface area contributed by atoms with Gasteiger partial charge in [-0.25, -0.2) is 14.4 Å². The van der Waals surface area contributed by atoms with E-state index in [1.54, 1.807) is 27.7 Å². The maximum Gasteiger partial charge on any atom is 0.408 e. The number of esters is 1. The van der Waals surface area contributed by atoms with Crippen molar-refractivity contribution in [2.45, 2.75) is 52.2 Å². The van der Waals surface area contributed by atoms with E-state index in [1.807, 2.05) is 0 Å². The molecule has 0 rings (SSSR count). The highest BCUT2D eigenvalue weighted by Crippen LogP contribution is 2.08. The molecular weight excluding hydrogens is 278 g/mol. The molecule has 0 aromatic heterocycles. The van der Waals surface area contributed by atoms with Crippen LogP contribution in [-0.4, -0.2) is 41.4 Å². The van der Waals surface area contributed by atoms with Gasteiger partial charge in [-0.15, -0.1) is 0 Å². The SMILES string of the molecule is CCOC(=O)C=CCC[C@H](NC(=O)OC(C)(C)C)C(=O)O.